The van der Waals surface area contributed by atoms with Gasteiger partial charge >= 0.3 is 6.18 Å². The van der Waals surface area contributed by atoms with Gasteiger partial charge in [0.15, 0.2) is 5.17 Å². The molecule has 1 aliphatic rings. The highest BCUT2D eigenvalue weighted by Crippen LogP contribution is 2.37. The number of nitrogens with one attached hydrogen (secondary N) is 1. The van der Waals surface area contributed by atoms with Crippen LogP contribution in [0.5, 0.6) is 0 Å². The fraction of sp³-hybridized carbons (Fsp3) is 0.0588. The summed E-state index contributed by atoms with van der Waals surface area (Å²) in [6.07, 6.45) is -2.84. The van der Waals surface area contributed by atoms with Gasteiger partial charge in [-0.2, -0.15) is 13.2 Å². The van der Waals surface area contributed by atoms with Crippen molar-refractivity contribution in [3.05, 3.63) is 70.6 Å². The number of nitrogens with zero attached hydrogens (tertiary/aromatic N) is 1. The van der Waals surface area contributed by atoms with E-state index in [0.717, 1.165) is 23.4 Å². The summed E-state index contributed by atoms with van der Waals surface area (Å²) in [6.45, 7) is 0. The number of para-hydroxylation sites is 1. The second-order valence-corrected chi connectivity index (χ2v) is 5.94. The number of amidine groups is 1. The number of hydrogen-bond acceptors (Lipinski definition) is 3. The lowest BCUT2D eigenvalue weighted by atomic mass is 10.2. The highest BCUT2D eigenvalue weighted by molar-refractivity contribution is 8.18. The van der Waals surface area contributed by atoms with E-state index in [1.165, 1.54) is 18.2 Å². The lowest BCUT2D eigenvalue weighted by Crippen LogP contribution is -2.19. The molecule has 0 radical (unpaired) electrons. The standard InChI is InChI=1S/C17H11F3N2OS/c18-17(19,20)12-8-4-5-9-13(12)21-16-22-15(23)14(24-16)10-11-6-2-1-3-7-11/h1-10H,(H,21,22,23)/b14-10-. The van der Waals surface area contributed by atoms with Crippen LogP contribution in [0.4, 0.5) is 18.9 Å². The molecule has 3 nitrogen and oxygen atoms in total. The highest BCUT2D eigenvalue weighted by Gasteiger charge is 2.34. The fourth-order valence-corrected chi connectivity index (χ4v) is 2.94. The number of thioether (sulfide) groups is 1. The zero-order valence-electron chi connectivity index (χ0n) is 12.2. The Bertz CT molecular complexity index is 829. The van der Waals surface area contributed by atoms with Crippen molar-refractivity contribution in [2.45, 2.75) is 6.18 Å². The van der Waals surface area contributed by atoms with Crippen LogP contribution in [0.3, 0.4) is 0 Å². The highest BCUT2D eigenvalue weighted by atomic mass is 32.2. The molecule has 1 fully saturated rings. The maximum atomic E-state index is 13.0. The monoisotopic (exact) mass is 348 g/mol. The molecular weight excluding hydrogens is 337 g/mol. The number of amides is 1. The molecule has 1 N–H and O–H groups in total. The Morgan fingerprint density at radius 2 is 1.67 bits per heavy atom. The number of rotatable bonds is 2. The van der Waals surface area contributed by atoms with Crippen molar-refractivity contribution in [2.24, 2.45) is 4.99 Å². The van der Waals surface area contributed by atoms with Gasteiger partial charge in [0.1, 0.15) is 0 Å². The van der Waals surface area contributed by atoms with Crippen molar-refractivity contribution in [1.29, 1.82) is 0 Å². The fourth-order valence-electron chi connectivity index (χ4n) is 2.10. The Balaban J connectivity index is 1.89. The van der Waals surface area contributed by atoms with Gasteiger partial charge in [-0.3, -0.25) is 4.79 Å². The van der Waals surface area contributed by atoms with Crippen LogP contribution in [0, 0.1) is 0 Å². The first kappa shape index (κ1) is 16.3. The molecule has 1 heterocycles. The number of hydrogen-bond donors (Lipinski definition) is 1. The molecule has 1 aliphatic heterocycles. The largest absolute Gasteiger partial charge is 0.418 e. The van der Waals surface area contributed by atoms with Gasteiger partial charge in [-0.25, -0.2) is 4.99 Å². The van der Waals surface area contributed by atoms with E-state index in [-0.39, 0.29) is 16.8 Å². The summed E-state index contributed by atoms with van der Waals surface area (Å²) in [5.74, 6) is -0.382. The van der Waals surface area contributed by atoms with Crippen LogP contribution in [0.15, 0.2) is 64.5 Å². The van der Waals surface area contributed by atoms with E-state index in [4.69, 9.17) is 0 Å². The Hall–Kier alpha value is -2.54. The maximum Gasteiger partial charge on any atom is 0.418 e. The van der Waals surface area contributed by atoms with Gasteiger partial charge in [0.05, 0.1) is 16.2 Å². The summed E-state index contributed by atoms with van der Waals surface area (Å²) in [4.78, 5) is 16.3. The Morgan fingerprint density at radius 3 is 2.38 bits per heavy atom. The predicted molar refractivity (Wildman–Crippen MR) is 88.7 cm³/mol. The molecule has 0 atom stereocenters. The number of benzene rings is 2. The van der Waals surface area contributed by atoms with Crippen LogP contribution < -0.4 is 5.32 Å². The van der Waals surface area contributed by atoms with Gasteiger partial charge in [0.2, 0.25) is 0 Å². The lowest BCUT2D eigenvalue weighted by molar-refractivity contribution is -0.137. The summed E-state index contributed by atoms with van der Waals surface area (Å²) < 4.78 is 39.0. The third-order valence-corrected chi connectivity index (χ3v) is 4.09. The summed E-state index contributed by atoms with van der Waals surface area (Å²) in [5, 5.41) is 2.61. The van der Waals surface area contributed by atoms with Crippen molar-refractivity contribution >= 4 is 34.6 Å². The Labute approximate surface area is 140 Å². The average molecular weight is 348 g/mol. The van der Waals surface area contributed by atoms with Crippen LogP contribution in [0.1, 0.15) is 11.1 Å². The summed E-state index contributed by atoms with van der Waals surface area (Å²) in [6, 6.07) is 14.2. The molecule has 0 spiro atoms. The van der Waals surface area contributed by atoms with Crippen molar-refractivity contribution in [3.63, 3.8) is 0 Å². The number of aliphatic imine (C=N–C) groups is 1. The number of halogens is 3. The smallest absolute Gasteiger partial charge is 0.300 e. The van der Waals surface area contributed by atoms with E-state index in [0.29, 0.717) is 4.91 Å². The topological polar surface area (TPSA) is 41.5 Å². The van der Waals surface area contributed by atoms with E-state index in [1.54, 1.807) is 6.08 Å². The number of carbonyl (C=O) groups is 1. The summed E-state index contributed by atoms with van der Waals surface area (Å²) in [5.41, 5.74) is -0.242. The van der Waals surface area contributed by atoms with Crippen LogP contribution in [0.2, 0.25) is 0 Å². The maximum absolute atomic E-state index is 13.0. The minimum atomic E-state index is -4.50. The lowest BCUT2D eigenvalue weighted by Gasteiger charge is -2.09. The molecule has 0 unspecified atom stereocenters. The van der Waals surface area contributed by atoms with Crippen molar-refractivity contribution in [2.75, 3.05) is 0 Å². The first-order valence-electron chi connectivity index (χ1n) is 6.94. The molecule has 1 amide bonds. The molecule has 2 aromatic rings. The van der Waals surface area contributed by atoms with Gasteiger partial charge in [0, 0.05) is 0 Å². The quantitative estimate of drug-likeness (QED) is 0.806. The van der Waals surface area contributed by atoms with Gasteiger partial charge in [-0.05, 0) is 35.5 Å². The SMILES string of the molecule is O=C1NC(=Nc2ccccc2C(F)(F)F)S/C1=C\c1ccccc1. The molecular formula is C17H11F3N2OS. The van der Waals surface area contributed by atoms with Crippen LogP contribution in [-0.4, -0.2) is 11.1 Å². The Kier molecular flexibility index (Phi) is 4.44. The minimum absolute atomic E-state index is 0.124. The van der Waals surface area contributed by atoms with Gasteiger partial charge < -0.3 is 5.32 Å². The van der Waals surface area contributed by atoms with Gasteiger partial charge in [-0.15, -0.1) is 0 Å². The minimum Gasteiger partial charge on any atom is -0.300 e. The molecule has 2 aromatic carbocycles. The number of alkyl halides is 3. The zero-order chi connectivity index (χ0) is 17.2. The molecule has 24 heavy (non-hydrogen) atoms. The normalized spacial score (nSPS) is 18.2. The van der Waals surface area contributed by atoms with Gasteiger partial charge in [0.25, 0.3) is 5.91 Å². The molecule has 0 aliphatic carbocycles. The summed E-state index contributed by atoms with van der Waals surface area (Å²) in [7, 11) is 0. The van der Waals surface area contributed by atoms with E-state index in [1.807, 2.05) is 30.3 Å². The number of carbonyl (C=O) groups excluding carboxylic acids is 1. The Morgan fingerprint density at radius 1 is 1.00 bits per heavy atom. The van der Waals surface area contributed by atoms with E-state index in [9.17, 15) is 18.0 Å². The first-order chi connectivity index (χ1) is 11.4. The van der Waals surface area contributed by atoms with Crippen molar-refractivity contribution in [1.82, 2.24) is 5.32 Å². The van der Waals surface area contributed by atoms with E-state index >= 15 is 0 Å². The summed E-state index contributed by atoms with van der Waals surface area (Å²) >= 11 is 1.01. The molecule has 1 saturated heterocycles. The third kappa shape index (κ3) is 3.68. The third-order valence-electron chi connectivity index (χ3n) is 3.18. The van der Waals surface area contributed by atoms with Gasteiger partial charge in [-0.1, -0.05) is 42.5 Å². The van der Waals surface area contributed by atoms with Crippen LogP contribution >= 0.6 is 11.8 Å². The van der Waals surface area contributed by atoms with Crippen LogP contribution in [-0.2, 0) is 11.0 Å². The second kappa shape index (κ2) is 6.52. The van der Waals surface area contributed by atoms with Crippen molar-refractivity contribution < 1.29 is 18.0 Å². The van der Waals surface area contributed by atoms with Crippen LogP contribution in [0.25, 0.3) is 6.08 Å². The zero-order valence-corrected chi connectivity index (χ0v) is 13.0. The van der Waals surface area contributed by atoms with E-state index in [2.05, 4.69) is 10.3 Å². The molecule has 0 bridgehead atoms. The molecule has 122 valence electrons. The van der Waals surface area contributed by atoms with E-state index < -0.39 is 11.7 Å². The first-order valence-corrected chi connectivity index (χ1v) is 7.76. The second-order valence-electron chi connectivity index (χ2n) is 4.91. The average Bonchev–Trinajstić information content (AvgIpc) is 2.87. The predicted octanol–water partition coefficient (Wildman–Crippen LogP) is 4.60. The molecule has 0 saturated carbocycles. The van der Waals surface area contributed by atoms with Crippen molar-refractivity contribution in [3.8, 4) is 0 Å². The molecule has 0 aromatic heterocycles. The molecule has 3 rings (SSSR count). The molecule has 7 heteroatoms.